The molecule has 0 unspecified atom stereocenters. The lowest BCUT2D eigenvalue weighted by molar-refractivity contribution is -0.125. The summed E-state index contributed by atoms with van der Waals surface area (Å²) >= 11 is 12.3. The maximum Gasteiger partial charge on any atom is 0.143 e. The Morgan fingerprint density at radius 3 is 2.26 bits per heavy atom. The van der Waals surface area contributed by atoms with Crippen molar-refractivity contribution in [1.29, 1.82) is 0 Å². The van der Waals surface area contributed by atoms with Crippen molar-refractivity contribution in [3.63, 3.8) is 0 Å². The van der Waals surface area contributed by atoms with Crippen LogP contribution in [0.2, 0.25) is 10.0 Å². The van der Waals surface area contributed by atoms with Crippen molar-refractivity contribution in [1.82, 2.24) is 0 Å². The fourth-order valence-electron chi connectivity index (χ4n) is 4.35. The van der Waals surface area contributed by atoms with Crippen LogP contribution in [-0.4, -0.2) is 5.78 Å². The van der Waals surface area contributed by atoms with Crippen LogP contribution in [0.1, 0.15) is 69.8 Å². The molecule has 1 aromatic rings. The Bertz CT molecular complexity index is 544. The van der Waals surface area contributed by atoms with Crippen LogP contribution in [0.15, 0.2) is 18.2 Å². The molecule has 0 radical (unpaired) electrons. The Balaban J connectivity index is 0.00000192. The summed E-state index contributed by atoms with van der Waals surface area (Å²) < 4.78 is 0. The summed E-state index contributed by atoms with van der Waals surface area (Å²) in [5.74, 6) is 1.04. The third-order valence-electron chi connectivity index (χ3n) is 5.66. The molecule has 0 bridgehead atoms. The molecule has 0 atom stereocenters. The minimum Gasteiger partial charge on any atom is -1.00 e. The maximum atomic E-state index is 13.2. The molecule has 0 aliphatic heterocycles. The number of carbonyl (C=O) groups is 1. The topological polar surface area (TPSA) is 17.1 Å². The van der Waals surface area contributed by atoms with Gasteiger partial charge in [-0.1, -0.05) is 74.2 Å². The first-order valence-electron chi connectivity index (χ1n) is 8.61. The molecular formula is C19H24Cl3O-. The van der Waals surface area contributed by atoms with Crippen LogP contribution < -0.4 is 12.4 Å². The number of hydrogen-bond donors (Lipinski definition) is 0. The van der Waals surface area contributed by atoms with Crippen molar-refractivity contribution in [3.8, 4) is 0 Å². The maximum absolute atomic E-state index is 13.2. The molecule has 0 spiro atoms. The Hall–Kier alpha value is -0.240. The van der Waals surface area contributed by atoms with E-state index in [1.54, 1.807) is 0 Å². The van der Waals surface area contributed by atoms with E-state index in [1.807, 2.05) is 18.2 Å². The number of rotatable bonds is 4. The summed E-state index contributed by atoms with van der Waals surface area (Å²) in [5.41, 5.74) is 0.784. The molecule has 4 heteroatoms. The molecule has 0 amide bonds. The summed E-state index contributed by atoms with van der Waals surface area (Å²) in [6.45, 7) is 0. The quantitative estimate of drug-likeness (QED) is 0.790. The highest BCUT2D eigenvalue weighted by Gasteiger charge is 2.42. The lowest BCUT2D eigenvalue weighted by Crippen LogP contribution is -3.00. The number of carbonyl (C=O) groups excluding carboxylic acids is 1. The second kappa shape index (κ2) is 8.23. The van der Waals surface area contributed by atoms with Crippen LogP contribution >= 0.6 is 23.2 Å². The van der Waals surface area contributed by atoms with Gasteiger partial charge in [-0.05, 0) is 36.5 Å². The van der Waals surface area contributed by atoms with Gasteiger partial charge in [0.2, 0.25) is 0 Å². The van der Waals surface area contributed by atoms with Gasteiger partial charge < -0.3 is 12.4 Å². The van der Waals surface area contributed by atoms with E-state index in [0.717, 1.165) is 37.7 Å². The largest absolute Gasteiger partial charge is 1.00 e. The van der Waals surface area contributed by atoms with Crippen LogP contribution in [0, 0.1) is 5.92 Å². The predicted octanol–water partition coefficient (Wildman–Crippen LogP) is 3.35. The summed E-state index contributed by atoms with van der Waals surface area (Å²) in [6, 6.07) is 5.78. The lowest BCUT2D eigenvalue weighted by Gasteiger charge is -2.31. The summed E-state index contributed by atoms with van der Waals surface area (Å²) in [5, 5.41) is 1.13. The van der Waals surface area contributed by atoms with Gasteiger partial charge in [-0.15, -0.1) is 0 Å². The average Bonchev–Trinajstić information content (AvgIpc) is 3.02. The van der Waals surface area contributed by atoms with E-state index in [-0.39, 0.29) is 17.8 Å². The molecule has 2 saturated carbocycles. The minimum atomic E-state index is -0.300. The van der Waals surface area contributed by atoms with E-state index in [9.17, 15) is 4.79 Å². The fourth-order valence-corrected chi connectivity index (χ4v) is 4.65. The molecule has 1 aromatic carbocycles. The Kier molecular flexibility index (Phi) is 6.83. The molecule has 2 aliphatic carbocycles. The second-order valence-electron chi connectivity index (χ2n) is 7.05. The van der Waals surface area contributed by atoms with Crippen LogP contribution in [0.4, 0.5) is 0 Å². The highest BCUT2D eigenvalue weighted by Crippen LogP contribution is 2.45. The van der Waals surface area contributed by atoms with Gasteiger partial charge in [0.05, 0.1) is 15.5 Å². The second-order valence-corrected chi connectivity index (χ2v) is 7.86. The third kappa shape index (κ3) is 4.06. The Morgan fingerprint density at radius 1 is 1.00 bits per heavy atom. The SMILES string of the molecule is O=C(CC1CCCCC1)C1(c2ccc(Cl)c(Cl)c2)CCCC1.[Cl-]. The first kappa shape index (κ1) is 19.1. The van der Waals surface area contributed by atoms with Gasteiger partial charge in [0, 0.05) is 6.42 Å². The van der Waals surface area contributed by atoms with Crippen molar-refractivity contribution in [2.45, 2.75) is 69.6 Å². The summed E-state index contributed by atoms with van der Waals surface area (Å²) in [4.78, 5) is 13.2. The van der Waals surface area contributed by atoms with Crippen molar-refractivity contribution < 1.29 is 17.2 Å². The highest BCUT2D eigenvalue weighted by atomic mass is 35.5. The normalized spacial score (nSPS) is 21.0. The van der Waals surface area contributed by atoms with Crippen molar-refractivity contribution in [3.05, 3.63) is 33.8 Å². The first-order valence-corrected chi connectivity index (χ1v) is 9.36. The molecule has 1 nitrogen and oxygen atoms in total. The van der Waals surface area contributed by atoms with Crippen LogP contribution in [-0.2, 0) is 10.2 Å². The average molecular weight is 375 g/mol. The smallest absolute Gasteiger partial charge is 0.143 e. The van der Waals surface area contributed by atoms with Gasteiger partial charge in [-0.25, -0.2) is 0 Å². The van der Waals surface area contributed by atoms with Gasteiger partial charge in [-0.3, -0.25) is 4.79 Å². The third-order valence-corrected chi connectivity index (χ3v) is 6.40. The van der Waals surface area contributed by atoms with E-state index in [1.165, 1.54) is 32.1 Å². The zero-order chi connectivity index (χ0) is 15.6. The molecule has 128 valence electrons. The first-order chi connectivity index (χ1) is 10.6. The molecule has 2 aliphatic rings. The van der Waals surface area contributed by atoms with Crippen molar-refractivity contribution in [2.24, 2.45) is 5.92 Å². The number of halogens is 3. The standard InChI is InChI=1S/C19H24Cl2O.ClH/c20-16-9-8-15(13-17(16)21)19(10-4-5-11-19)18(22)12-14-6-2-1-3-7-14;/h8-9,13-14H,1-7,10-12H2;1H/p-1. The zero-order valence-corrected chi connectivity index (χ0v) is 15.7. The minimum absolute atomic E-state index is 0. The van der Waals surface area contributed by atoms with Crippen molar-refractivity contribution >= 4 is 29.0 Å². The number of benzene rings is 1. The molecule has 2 fully saturated rings. The number of ketones is 1. The van der Waals surface area contributed by atoms with E-state index in [0.29, 0.717) is 21.7 Å². The molecule has 0 heterocycles. The molecular weight excluding hydrogens is 351 g/mol. The van der Waals surface area contributed by atoms with Crippen LogP contribution in [0.5, 0.6) is 0 Å². The molecule has 0 N–H and O–H groups in total. The summed E-state index contributed by atoms with van der Waals surface area (Å²) in [7, 11) is 0. The molecule has 0 aromatic heterocycles. The monoisotopic (exact) mass is 373 g/mol. The number of hydrogen-bond acceptors (Lipinski definition) is 1. The Morgan fingerprint density at radius 2 is 1.65 bits per heavy atom. The molecule has 3 rings (SSSR count). The van der Waals surface area contributed by atoms with Gasteiger partial charge >= 0.3 is 0 Å². The van der Waals surface area contributed by atoms with Gasteiger partial charge in [0.25, 0.3) is 0 Å². The summed E-state index contributed by atoms with van der Waals surface area (Å²) in [6.07, 6.45) is 11.3. The van der Waals surface area contributed by atoms with E-state index in [2.05, 4.69) is 0 Å². The van der Waals surface area contributed by atoms with Gasteiger partial charge in [0.1, 0.15) is 5.78 Å². The van der Waals surface area contributed by atoms with Crippen LogP contribution in [0.3, 0.4) is 0 Å². The van der Waals surface area contributed by atoms with Gasteiger partial charge in [0.15, 0.2) is 0 Å². The van der Waals surface area contributed by atoms with Gasteiger partial charge in [-0.2, -0.15) is 0 Å². The predicted molar refractivity (Wildman–Crippen MR) is 92.8 cm³/mol. The van der Waals surface area contributed by atoms with E-state index in [4.69, 9.17) is 23.2 Å². The Labute approximate surface area is 155 Å². The fraction of sp³-hybridized carbons (Fsp3) is 0.632. The zero-order valence-electron chi connectivity index (χ0n) is 13.4. The molecule has 0 saturated heterocycles. The highest BCUT2D eigenvalue weighted by molar-refractivity contribution is 6.42. The van der Waals surface area contributed by atoms with Crippen molar-refractivity contribution in [2.75, 3.05) is 0 Å². The van der Waals surface area contributed by atoms with E-state index < -0.39 is 0 Å². The van der Waals surface area contributed by atoms with E-state index >= 15 is 0 Å². The number of Topliss-reactive ketones (excluding diaryl/α,β-unsaturated/α-hetero) is 1. The van der Waals surface area contributed by atoms with Crippen LogP contribution in [0.25, 0.3) is 0 Å². The lowest BCUT2D eigenvalue weighted by atomic mass is 9.71. The molecule has 23 heavy (non-hydrogen) atoms.